The highest BCUT2D eigenvalue weighted by atomic mass is 19.4. The molecule has 1 aromatic heterocycles. The first kappa shape index (κ1) is 16.3. The van der Waals surface area contributed by atoms with Crippen molar-refractivity contribution in [3.05, 3.63) is 59.4 Å². The van der Waals surface area contributed by atoms with Crippen molar-refractivity contribution in [3.8, 4) is 0 Å². The topological polar surface area (TPSA) is 53.4 Å². The van der Waals surface area contributed by atoms with Gasteiger partial charge in [0.15, 0.2) is 0 Å². The van der Waals surface area contributed by atoms with E-state index in [1.165, 1.54) is 12.1 Å². The lowest BCUT2D eigenvalue weighted by Gasteiger charge is -2.34. The number of carbonyl (C=O) groups is 1. The Balaban J connectivity index is 1.95. The van der Waals surface area contributed by atoms with Crippen LogP contribution in [0.4, 0.5) is 18.9 Å². The van der Waals surface area contributed by atoms with Gasteiger partial charge in [0.25, 0.3) is 0 Å². The minimum absolute atomic E-state index is 0.0338. The molecule has 126 valence electrons. The van der Waals surface area contributed by atoms with E-state index in [1.807, 2.05) is 0 Å². The molecule has 24 heavy (non-hydrogen) atoms. The third-order valence-corrected chi connectivity index (χ3v) is 4.16. The molecule has 0 spiro atoms. The predicted octanol–water partition coefficient (Wildman–Crippen LogP) is 3.68. The van der Waals surface area contributed by atoms with Crippen LogP contribution in [-0.2, 0) is 17.5 Å². The van der Waals surface area contributed by atoms with Crippen LogP contribution in [0.1, 0.15) is 29.2 Å². The maximum Gasteiger partial charge on any atom is 0.433 e. The van der Waals surface area contributed by atoms with E-state index in [0.29, 0.717) is 24.2 Å². The summed E-state index contributed by atoms with van der Waals surface area (Å²) in [4.78, 5) is 16.6. The van der Waals surface area contributed by atoms with Gasteiger partial charge in [0.05, 0.1) is 5.92 Å². The Hall–Kier alpha value is -2.57. The van der Waals surface area contributed by atoms with Crippen molar-refractivity contribution >= 4 is 11.7 Å². The Morgan fingerprint density at radius 2 is 2.00 bits per heavy atom. The van der Waals surface area contributed by atoms with E-state index in [1.54, 1.807) is 29.2 Å². The molecule has 1 N–H and O–H groups in total. The SMILES string of the molecule is O=C(O)C1CCN(Cc2cccnc2C(F)(F)F)c2ccccc21. The van der Waals surface area contributed by atoms with Crippen LogP contribution in [0.25, 0.3) is 0 Å². The molecule has 0 saturated carbocycles. The summed E-state index contributed by atoms with van der Waals surface area (Å²) < 4.78 is 39.3. The van der Waals surface area contributed by atoms with Gasteiger partial charge in [0, 0.05) is 30.5 Å². The lowest BCUT2D eigenvalue weighted by molar-refractivity contribution is -0.142. The second-order valence-corrected chi connectivity index (χ2v) is 5.67. The van der Waals surface area contributed by atoms with Crippen molar-refractivity contribution in [2.75, 3.05) is 11.4 Å². The van der Waals surface area contributed by atoms with Crippen molar-refractivity contribution in [3.63, 3.8) is 0 Å². The average Bonchev–Trinajstić information content (AvgIpc) is 2.54. The summed E-state index contributed by atoms with van der Waals surface area (Å²) in [5, 5.41) is 9.33. The van der Waals surface area contributed by atoms with Gasteiger partial charge in [-0.05, 0) is 24.1 Å². The summed E-state index contributed by atoms with van der Waals surface area (Å²) in [6.45, 7) is 0.409. The fourth-order valence-corrected chi connectivity index (χ4v) is 3.08. The summed E-state index contributed by atoms with van der Waals surface area (Å²) in [6, 6.07) is 9.83. The van der Waals surface area contributed by atoms with Crippen molar-refractivity contribution in [2.24, 2.45) is 0 Å². The Morgan fingerprint density at radius 1 is 1.25 bits per heavy atom. The highest BCUT2D eigenvalue weighted by molar-refractivity contribution is 5.80. The first-order valence-electron chi connectivity index (χ1n) is 7.45. The van der Waals surface area contributed by atoms with E-state index in [-0.39, 0.29) is 12.1 Å². The third kappa shape index (κ3) is 3.06. The molecule has 0 amide bonds. The molecular weight excluding hydrogens is 321 g/mol. The second-order valence-electron chi connectivity index (χ2n) is 5.67. The highest BCUT2D eigenvalue weighted by Crippen LogP contribution is 2.37. The van der Waals surface area contributed by atoms with Crippen LogP contribution < -0.4 is 4.90 Å². The number of carboxylic acid groups (broad SMARTS) is 1. The van der Waals surface area contributed by atoms with Crippen molar-refractivity contribution in [1.82, 2.24) is 4.98 Å². The van der Waals surface area contributed by atoms with Crippen LogP contribution in [0.2, 0.25) is 0 Å². The number of aromatic nitrogens is 1. The van der Waals surface area contributed by atoms with Gasteiger partial charge in [-0.15, -0.1) is 0 Å². The first-order valence-corrected chi connectivity index (χ1v) is 7.45. The van der Waals surface area contributed by atoms with Gasteiger partial charge in [-0.2, -0.15) is 13.2 Å². The Morgan fingerprint density at radius 3 is 2.71 bits per heavy atom. The Kier molecular flexibility index (Phi) is 4.17. The molecule has 0 bridgehead atoms. The fraction of sp³-hybridized carbons (Fsp3) is 0.294. The molecule has 1 aromatic carbocycles. The van der Waals surface area contributed by atoms with Crippen LogP contribution in [0.3, 0.4) is 0 Å². The number of rotatable bonds is 3. The molecule has 1 aliphatic rings. The molecule has 4 nitrogen and oxygen atoms in total. The molecule has 7 heteroatoms. The van der Waals surface area contributed by atoms with Gasteiger partial charge in [0.2, 0.25) is 0 Å². The molecular formula is C17H15F3N2O2. The van der Waals surface area contributed by atoms with E-state index < -0.39 is 23.8 Å². The summed E-state index contributed by atoms with van der Waals surface area (Å²) in [5.74, 6) is -1.55. The lowest BCUT2D eigenvalue weighted by atomic mass is 9.89. The first-order chi connectivity index (χ1) is 11.4. The van der Waals surface area contributed by atoms with Crippen LogP contribution in [0, 0.1) is 0 Å². The maximum absolute atomic E-state index is 13.1. The number of aliphatic carboxylic acids is 1. The van der Waals surface area contributed by atoms with E-state index in [4.69, 9.17) is 0 Å². The second kappa shape index (κ2) is 6.14. The van der Waals surface area contributed by atoms with E-state index in [9.17, 15) is 23.1 Å². The molecule has 1 atom stereocenters. The van der Waals surface area contributed by atoms with Gasteiger partial charge in [-0.25, -0.2) is 0 Å². The number of anilines is 1. The minimum Gasteiger partial charge on any atom is -0.481 e. The Bertz CT molecular complexity index is 761. The number of halogens is 3. The summed E-state index contributed by atoms with van der Waals surface area (Å²) in [5.41, 5.74) is 0.471. The Labute approximate surface area is 136 Å². The standard InChI is InChI=1S/C17H15F3N2O2/c18-17(19,20)15-11(4-3-8-21-15)10-22-9-7-13(16(23)24)12-5-1-2-6-14(12)22/h1-6,8,13H,7,9-10H2,(H,23,24). The third-order valence-electron chi connectivity index (χ3n) is 4.16. The van der Waals surface area contributed by atoms with E-state index in [0.717, 1.165) is 6.20 Å². The zero-order chi connectivity index (χ0) is 17.3. The van der Waals surface area contributed by atoms with Crippen molar-refractivity contribution < 1.29 is 23.1 Å². The average molecular weight is 336 g/mol. The maximum atomic E-state index is 13.1. The van der Waals surface area contributed by atoms with Gasteiger partial charge >= 0.3 is 12.1 Å². The van der Waals surface area contributed by atoms with E-state index in [2.05, 4.69) is 4.98 Å². The fourth-order valence-electron chi connectivity index (χ4n) is 3.08. The van der Waals surface area contributed by atoms with Crippen molar-refractivity contribution in [1.29, 1.82) is 0 Å². The van der Waals surface area contributed by atoms with Gasteiger partial charge in [0.1, 0.15) is 5.69 Å². The smallest absolute Gasteiger partial charge is 0.433 e. The number of alkyl halides is 3. The molecule has 1 aliphatic heterocycles. The number of carboxylic acids is 1. The van der Waals surface area contributed by atoms with Crippen LogP contribution in [0.5, 0.6) is 0 Å². The molecule has 0 aliphatic carbocycles. The van der Waals surface area contributed by atoms with Gasteiger partial charge in [-0.1, -0.05) is 24.3 Å². The van der Waals surface area contributed by atoms with E-state index >= 15 is 0 Å². The minimum atomic E-state index is -4.52. The number of hydrogen-bond acceptors (Lipinski definition) is 3. The lowest BCUT2D eigenvalue weighted by Crippen LogP contribution is -2.33. The quantitative estimate of drug-likeness (QED) is 0.929. The predicted molar refractivity (Wildman–Crippen MR) is 81.7 cm³/mol. The molecule has 2 aromatic rings. The monoisotopic (exact) mass is 336 g/mol. The highest BCUT2D eigenvalue weighted by Gasteiger charge is 2.36. The number of hydrogen-bond donors (Lipinski definition) is 1. The number of para-hydroxylation sites is 1. The van der Waals surface area contributed by atoms with Crippen LogP contribution >= 0.6 is 0 Å². The molecule has 0 fully saturated rings. The molecule has 0 saturated heterocycles. The summed E-state index contributed by atoms with van der Waals surface area (Å²) >= 11 is 0. The zero-order valence-corrected chi connectivity index (χ0v) is 12.6. The normalized spacial score (nSPS) is 17.5. The van der Waals surface area contributed by atoms with Crippen LogP contribution in [-0.4, -0.2) is 22.6 Å². The number of benzene rings is 1. The number of fused-ring (bicyclic) bond motifs is 1. The summed E-state index contributed by atoms with van der Waals surface area (Å²) in [7, 11) is 0. The van der Waals surface area contributed by atoms with Crippen molar-refractivity contribution in [2.45, 2.75) is 25.1 Å². The summed E-state index contributed by atoms with van der Waals surface area (Å²) in [6.07, 6.45) is -3.04. The van der Waals surface area contributed by atoms with Crippen LogP contribution in [0.15, 0.2) is 42.6 Å². The number of nitrogens with zero attached hydrogens (tertiary/aromatic N) is 2. The molecule has 1 unspecified atom stereocenters. The largest absolute Gasteiger partial charge is 0.481 e. The molecule has 2 heterocycles. The van der Waals surface area contributed by atoms with Gasteiger partial charge < -0.3 is 10.0 Å². The zero-order valence-electron chi connectivity index (χ0n) is 12.6. The molecule has 3 rings (SSSR count). The number of pyridine rings is 1. The van der Waals surface area contributed by atoms with Gasteiger partial charge in [-0.3, -0.25) is 9.78 Å². The molecule has 0 radical (unpaired) electrons.